The molecule has 0 aliphatic heterocycles. The number of carbonyl (C=O) groups excluding carboxylic acids is 2. The summed E-state index contributed by atoms with van der Waals surface area (Å²) in [5, 5.41) is 12.1. The number of amides is 2. The minimum atomic E-state index is -0.799. The van der Waals surface area contributed by atoms with Crippen molar-refractivity contribution in [2.45, 2.75) is 44.7 Å². The number of carboxylic acid groups (broad SMARTS) is 1. The Balaban J connectivity index is 1.53. The van der Waals surface area contributed by atoms with Gasteiger partial charge < -0.3 is 15.3 Å². The number of carboxylic acids is 1. The van der Waals surface area contributed by atoms with Gasteiger partial charge in [-0.1, -0.05) is 6.07 Å². The Kier molecular flexibility index (Phi) is 6.34. The van der Waals surface area contributed by atoms with Gasteiger partial charge >= 0.3 is 5.97 Å². The molecule has 1 aromatic carbocycles. The predicted molar refractivity (Wildman–Crippen MR) is 105 cm³/mol. The first-order chi connectivity index (χ1) is 13.4. The van der Waals surface area contributed by atoms with Crippen molar-refractivity contribution in [3.8, 4) is 0 Å². The molecule has 2 aliphatic carbocycles. The fourth-order valence-corrected chi connectivity index (χ4v) is 3.58. The molecule has 1 aromatic rings. The van der Waals surface area contributed by atoms with Crippen molar-refractivity contribution in [1.29, 1.82) is 0 Å². The van der Waals surface area contributed by atoms with Crippen LogP contribution >= 0.6 is 0 Å². The van der Waals surface area contributed by atoms with Crippen molar-refractivity contribution in [2.24, 2.45) is 5.92 Å². The summed E-state index contributed by atoms with van der Waals surface area (Å²) >= 11 is 0. The third kappa shape index (κ3) is 5.10. The molecule has 0 radical (unpaired) electrons. The van der Waals surface area contributed by atoms with Crippen LogP contribution in [0, 0.1) is 5.92 Å². The van der Waals surface area contributed by atoms with E-state index in [1.54, 1.807) is 36.2 Å². The number of aliphatic carboxylic acids is 1. The van der Waals surface area contributed by atoms with Gasteiger partial charge in [0.15, 0.2) is 0 Å². The van der Waals surface area contributed by atoms with E-state index in [-0.39, 0.29) is 30.4 Å². The number of nitrogens with zero attached hydrogens (tertiary/aromatic N) is 2. The largest absolute Gasteiger partial charge is 0.480 e. The summed E-state index contributed by atoms with van der Waals surface area (Å²) in [6.45, 7) is 3.41. The summed E-state index contributed by atoms with van der Waals surface area (Å²) in [4.78, 5) is 39.6. The van der Waals surface area contributed by atoms with Gasteiger partial charge in [0.25, 0.3) is 11.8 Å². The summed E-state index contributed by atoms with van der Waals surface area (Å²) < 4.78 is 0. The third-order valence-electron chi connectivity index (χ3n) is 5.69. The Morgan fingerprint density at radius 1 is 1.18 bits per heavy atom. The van der Waals surface area contributed by atoms with Crippen molar-refractivity contribution in [3.63, 3.8) is 0 Å². The molecular formula is C21H29N3O4. The molecule has 0 aromatic heterocycles. The van der Waals surface area contributed by atoms with E-state index >= 15 is 0 Å². The monoisotopic (exact) mass is 387 g/mol. The zero-order valence-electron chi connectivity index (χ0n) is 16.6. The number of rotatable bonds is 9. The van der Waals surface area contributed by atoms with Gasteiger partial charge in [-0.15, -0.1) is 0 Å². The summed E-state index contributed by atoms with van der Waals surface area (Å²) in [7, 11) is 1.73. The smallest absolute Gasteiger partial charge is 0.317 e. The second-order valence-electron chi connectivity index (χ2n) is 7.96. The van der Waals surface area contributed by atoms with Crippen LogP contribution in [0.25, 0.3) is 0 Å². The average molecular weight is 387 g/mol. The van der Waals surface area contributed by atoms with E-state index in [2.05, 4.69) is 5.32 Å². The normalized spacial score (nSPS) is 21.1. The van der Waals surface area contributed by atoms with Gasteiger partial charge in [-0.3, -0.25) is 19.3 Å². The lowest BCUT2D eigenvalue weighted by Crippen LogP contribution is -2.55. The molecule has 2 saturated carbocycles. The fourth-order valence-electron chi connectivity index (χ4n) is 3.58. The topological polar surface area (TPSA) is 90.0 Å². The molecule has 28 heavy (non-hydrogen) atoms. The SMILES string of the molecule is CCN(C)C(=O)c1cccc(C(=O)NC2CC(N(CC(=O)O)CC3CC3)C2)c1. The number of hydrogen-bond donors (Lipinski definition) is 2. The quantitative estimate of drug-likeness (QED) is 0.675. The van der Waals surface area contributed by atoms with Gasteiger partial charge in [-0.2, -0.15) is 0 Å². The molecule has 7 nitrogen and oxygen atoms in total. The highest BCUT2D eigenvalue weighted by Gasteiger charge is 2.37. The van der Waals surface area contributed by atoms with Crippen molar-refractivity contribution in [1.82, 2.24) is 15.1 Å². The summed E-state index contributed by atoms with van der Waals surface area (Å²) in [6, 6.07) is 7.03. The maximum atomic E-state index is 12.6. The average Bonchev–Trinajstić information content (AvgIpc) is 3.46. The van der Waals surface area contributed by atoms with Crippen LogP contribution in [0.4, 0.5) is 0 Å². The molecule has 0 spiro atoms. The van der Waals surface area contributed by atoms with Gasteiger partial charge in [0.2, 0.25) is 0 Å². The van der Waals surface area contributed by atoms with Crippen molar-refractivity contribution >= 4 is 17.8 Å². The van der Waals surface area contributed by atoms with E-state index in [1.165, 1.54) is 12.8 Å². The first kappa shape index (κ1) is 20.3. The lowest BCUT2D eigenvalue weighted by molar-refractivity contribution is -0.139. The van der Waals surface area contributed by atoms with Gasteiger partial charge in [0, 0.05) is 43.3 Å². The summed E-state index contributed by atoms with van der Waals surface area (Å²) in [6.07, 6.45) is 3.91. The summed E-state index contributed by atoms with van der Waals surface area (Å²) in [5.41, 5.74) is 0.972. The van der Waals surface area contributed by atoms with Crippen LogP contribution in [0.5, 0.6) is 0 Å². The maximum Gasteiger partial charge on any atom is 0.317 e. The zero-order valence-corrected chi connectivity index (χ0v) is 16.6. The second-order valence-corrected chi connectivity index (χ2v) is 7.96. The maximum absolute atomic E-state index is 12.6. The van der Waals surface area contributed by atoms with E-state index in [4.69, 9.17) is 5.11 Å². The molecule has 0 atom stereocenters. The minimum Gasteiger partial charge on any atom is -0.480 e. The van der Waals surface area contributed by atoms with Crippen LogP contribution < -0.4 is 5.32 Å². The molecule has 7 heteroatoms. The lowest BCUT2D eigenvalue weighted by atomic mass is 9.85. The second kappa shape index (κ2) is 8.73. The molecule has 2 amide bonds. The molecule has 0 bridgehead atoms. The standard InChI is InChI=1S/C21H29N3O4/c1-3-23(2)21(28)16-6-4-5-15(9-16)20(27)22-17-10-18(11-17)24(13-19(25)26)12-14-7-8-14/h4-6,9,14,17-18H,3,7-8,10-13H2,1-2H3,(H,22,27)(H,25,26). The molecule has 2 fully saturated rings. The Bertz CT molecular complexity index is 741. The molecular weight excluding hydrogens is 358 g/mol. The third-order valence-corrected chi connectivity index (χ3v) is 5.69. The van der Waals surface area contributed by atoms with Crippen LogP contribution in [0.3, 0.4) is 0 Å². The zero-order chi connectivity index (χ0) is 20.3. The Hall–Kier alpha value is -2.41. The first-order valence-corrected chi connectivity index (χ1v) is 9.99. The van der Waals surface area contributed by atoms with Crippen LogP contribution in [0.2, 0.25) is 0 Å². The van der Waals surface area contributed by atoms with Crippen LogP contribution in [0.15, 0.2) is 24.3 Å². The molecule has 0 heterocycles. The highest BCUT2D eigenvalue weighted by molar-refractivity contribution is 5.99. The number of hydrogen-bond acceptors (Lipinski definition) is 4. The number of carbonyl (C=O) groups is 3. The van der Waals surface area contributed by atoms with E-state index in [1.807, 2.05) is 11.8 Å². The highest BCUT2D eigenvalue weighted by atomic mass is 16.4. The molecule has 0 unspecified atom stereocenters. The Morgan fingerprint density at radius 2 is 1.86 bits per heavy atom. The van der Waals surface area contributed by atoms with Crippen LogP contribution in [-0.2, 0) is 4.79 Å². The van der Waals surface area contributed by atoms with Crippen molar-refractivity contribution in [3.05, 3.63) is 35.4 Å². The van der Waals surface area contributed by atoms with Gasteiger partial charge in [-0.05, 0) is 56.7 Å². The van der Waals surface area contributed by atoms with Gasteiger partial charge in [0.1, 0.15) is 0 Å². The summed E-state index contributed by atoms with van der Waals surface area (Å²) in [5.74, 6) is -0.462. The van der Waals surface area contributed by atoms with Gasteiger partial charge in [0.05, 0.1) is 6.54 Å². The van der Waals surface area contributed by atoms with E-state index < -0.39 is 5.97 Å². The lowest BCUT2D eigenvalue weighted by Gasteiger charge is -2.42. The minimum absolute atomic E-state index is 0.0469. The molecule has 2 aliphatic rings. The van der Waals surface area contributed by atoms with Crippen molar-refractivity contribution in [2.75, 3.05) is 26.7 Å². The van der Waals surface area contributed by atoms with E-state index in [9.17, 15) is 14.4 Å². The predicted octanol–water partition coefficient (Wildman–Crippen LogP) is 1.84. The molecule has 152 valence electrons. The Labute approximate surface area is 165 Å². The van der Waals surface area contributed by atoms with Crippen LogP contribution in [-0.4, -0.2) is 71.5 Å². The number of benzene rings is 1. The number of nitrogens with one attached hydrogen (secondary N) is 1. The first-order valence-electron chi connectivity index (χ1n) is 9.99. The fraction of sp³-hybridized carbons (Fsp3) is 0.571. The van der Waals surface area contributed by atoms with E-state index in [0.717, 1.165) is 19.4 Å². The van der Waals surface area contributed by atoms with E-state index in [0.29, 0.717) is 23.6 Å². The molecule has 2 N–H and O–H groups in total. The Morgan fingerprint density at radius 3 is 2.46 bits per heavy atom. The molecule has 0 saturated heterocycles. The van der Waals surface area contributed by atoms with Crippen molar-refractivity contribution < 1.29 is 19.5 Å². The van der Waals surface area contributed by atoms with Gasteiger partial charge in [-0.25, -0.2) is 0 Å². The molecule has 3 rings (SSSR count). The highest BCUT2D eigenvalue weighted by Crippen LogP contribution is 2.33. The van der Waals surface area contributed by atoms with Crippen LogP contribution in [0.1, 0.15) is 53.3 Å².